The van der Waals surface area contributed by atoms with Gasteiger partial charge in [0.05, 0.1) is 6.61 Å². The molecule has 3 atom stereocenters. The zero-order valence-electron chi connectivity index (χ0n) is 11.6. The van der Waals surface area contributed by atoms with E-state index < -0.39 is 10.8 Å². The van der Waals surface area contributed by atoms with Crippen molar-refractivity contribution >= 4 is 10.8 Å². The van der Waals surface area contributed by atoms with E-state index >= 15 is 0 Å². The molecule has 1 N–H and O–H groups in total. The van der Waals surface area contributed by atoms with Crippen molar-refractivity contribution < 1.29 is 8.95 Å². The monoisotopic (exact) mass is 269 g/mol. The van der Waals surface area contributed by atoms with Crippen molar-refractivity contribution in [3.05, 3.63) is 29.8 Å². The van der Waals surface area contributed by atoms with E-state index in [-0.39, 0.29) is 11.3 Å². The molecule has 0 fully saturated rings. The topological polar surface area (TPSA) is 38.3 Å². The molecule has 1 aromatic carbocycles. The van der Waals surface area contributed by atoms with E-state index in [4.69, 9.17) is 4.74 Å². The van der Waals surface area contributed by atoms with Crippen LogP contribution < -0.4 is 10.1 Å². The summed E-state index contributed by atoms with van der Waals surface area (Å²) < 4.78 is 16.7. The Kier molecular flexibility index (Phi) is 6.36. The molecule has 3 unspecified atom stereocenters. The fourth-order valence-electron chi connectivity index (χ4n) is 1.60. The molecule has 0 amide bonds. The van der Waals surface area contributed by atoms with Crippen LogP contribution in [0.25, 0.3) is 0 Å². The highest BCUT2D eigenvalue weighted by atomic mass is 32.2. The molecule has 18 heavy (non-hydrogen) atoms. The second kappa shape index (κ2) is 7.54. The quantitative estimate of drug-likeness (QED) is 0.826. The zero-order chi connectivity index (χ0) is 13.5. The van der Waals surface area contributed by atoms with Crippen LogP contribution in [-0.4, -0.2) is 28.9 Å². The van der Waals surface area contributed by atoms with Gasteiger partial charge in [0.25, 0.3) is 0 Å². The van der Waals surface area contributed by atoms with Crippen LogP contribution in [0.3, 0.4) is 0 Å². The van der Waals surface area contributed by atoms with E-state index in [1.165, 1.54) is 5.56 Å². The van der Waals surface area contributed by atoms with E-state index in [1.54, 1.807) is 6.26 Å². The van der Waals surface area contributed by atoms with Crippen LogP contribution in [0.1, 0.15) is 32.4 Å². The molecule has 1 rings (SSSR count). The maximum absolute atomic E-state index is 11.3. The number of hydrogen-bond acceptors (Lipinski definition) is 3. The molecule has 0 bridgehead atoms. The Morgan fingerprint density at radius 1 is 1.28 bits per heavy atom. The van der Waals surface area contributed by atoms with Gasteiger partial charge >= 0.3 is 0 Å². The molecule has 0 aliphatic carbocycles. The molecule has 0 heterocycles. The van der Waals surface area contributed by atoms with Crippen molar-refractivity contribution in [2.45, 2.75) is 32.1 Å². The highest BCUT2D eigenvalue weighted by molar-refractivity contribution is 7.84. The molecule has 0 aliphatic heterocycles. The van der Waals surface area contributed by atoms with Crippen molar-refractivity contribution in [1.82, 2.24) is 5.32 Å². The Morgan fingerprint density at radius 2 is 1.89 bits per heavy atom. The Labute approximate surface area is 112 Å². The van der Waals surface area contributed by atoms with Crippen molar-refractivity contribution in [2.24, 2.45) is 0 Å². The highest BCUT2D eigenvalue weighted by Crippen LogP contribution is 2.17. The molecule has 0 saturated heterocycles. The minimum absolute atomic E-state index is 0.176. The van der Waals surface area contributed by atoms with Crippen LogP contribution >= 0.6 is 0 Å². The Bertz CT molecular complexity index is 378. The molecule has 4 heteroatoms. The highest BCUT2D eigenvalue weighted by Gasteiger charge is 2.09. The lowest BCUT2D eigenvalue weighted by Crippen LogP contribution is -2.29. The molecule has 0 spiro atoms. The van der Waals surface area contributed by atoms with Gasteiger partial charge in [-0.3, -0.25) is 4.21 Å². The normalized spacial score (nSPS) is 16.0. The first kappa shape index (κ1) is 15.2. The van der Waals surface area contributed by atoms with E-state index in [9.17, 15) is 4.21 Å². The minimum Gasteiger partial charge on any atom is -0.494 e. The number of rotatable bonds is 7. The second-order valence-electron chi connectivity index (χ2n) is 4.44. The van der Waals surface area contributed by atoms with Gasteiger partial charge in [0.1, 0.15) is 5.75 Å². The summed E-state index contributed by atoms with van der Waals surface area (Å²) in [5, 5.41) is 3.57. The Balaban J connectivity index is 2.50. The molecule has 0 aliphatic rings. The molecule has 0 saturated carbocycles. The van der Waals surface area contributed by atoms with E-state index in [2.05, 4.69) is 24.4 Å². The van der Waals surface area contributed by atoms with Gasteiger partial charge in [0, 0.05) is 34.9 Å². The molecule has 3 nitrogen and oxygen atoms in total. The Morgan fingerprint density at radius 3 is 2.39 bits per heavy atom. The summed E-state index contributed by atoms with van der Waals surface area (Å²) in [5.41, 5.74) is 1.22. The van der Waals surface area contributed by atoms with Crippen LogP contribution in [0.2, 0.25) is 0 Å². The van der Waals surface area contributed by atoms with E-state index in [0.29, 0.717) is 6.61 Å². The van der Waals surface area contributed by atoms with Gasteiger partial charge in [-0.15, -0.1) is 0 Å². The largest absolute Gasteiger partial charge is 0.494 e. The van der Waals surface area contributed by atoms with Crippen LogP contribution in [0, 0.1) is 0 Å². The zero-order valence-corrected chi connectivity index (χ0v) is 12.4. The summed E-state index contributed by atoms with van der Waals surface area (Å²) in [5.74, 6) is 0.900. The first-order valence-electron chi connectivity index (χ1n) is 6.33. The number of hydrogen-bond donors (Lipinski definition) is 1. The fourth-order valence-corrected chi connectivity index (χ4v) is 1.93. The summed E-state index contributed by atoms with van der Waals surface area (Å²) in [6.07, 6.45) is 1.74. The number of benzene rings is 1. The first-order valence-corrected chi connectivity index (χ1v) is 7.95. The molecule has 1 aromatic rings. The third-order valence-corrected chi connectivity index (χ3v) is 4.27. The molecule has 0 radical (unpaired) electrons. The summed E-state index contributed by atoms with van der Waals surface area (Å²) in [6, 6.07) is 8.36. The predicted octanol–water partition coefficient (Wildman–Crippen LogP) is 2.50. The average Bonchev–Trinajstić information content (AvgIpc) is 2.36. The molecule has 0 aromatic heterocycles. The Hall–Kier alpha value is -0.870. The van der Waals surface area contributed by atoms with Crippen LogP contribution in [0.4, 0.5) is 0 Å². The molecular formula is C14H23NO2S. The number of nitrogens with one attached hydrogen (secondary N) is 1. The van der Waals surface area contributed by atoms with Gasteiger partial charge < -0.3 is 10.1 Å². The van der Waals surface area contributed by atoms with Crippen molar-refractivity contribution in [2.75, 3.05) is 19.4 Å². The van der Waals surface area contributed by atoms with Gasteiger partial charge in [-0.05, 0) is 38.5 Å². The summed E-state index contributed by atoms with van der Waals surface area (Å²) >= 11 is 0. The SMILES string of the molecule is CCOc1ccc(C(C)NCC(C)S(C)=O)cc1. The van der Waals surface area contributed by atoms with Gasteiger partial charge in [-0.2, -0.15) is 0 Å². The lowest BCUT2D eigenvalue weighted by Gasteiger charge is -2.17. The summed E-state index contributed by atoms with van der Waals surface area (Å²) in [7, 11) is -0.772. The fraction of sp³-hybridized carbons (Fsp3) is 0.571. The maximum Gasteiger partial charge on any atom is 0.119 e. The van der Waals surface area contributed by atoms with Gasteiger partial charge in [-0.1, -0.05) is 12.1 Å². The smallest absolute Gasteiger partial charge is 0.119 e. The first-order chi connectivity index (χ1) is 8.54. The van der Waals surface area contributed by atoms with Gasteiger partial charge in [0.2, 0.25) is 0 Å². The van der Waals surface area contributed by atoms with E-state index in [1.807, 2.05) is 26.0 Å². The van der Waals surface area contributed by atoms with Crippen LogP contribution in [0.15, 0.2) is 24.3 Å². The standard InChI is InChI=1S/C14H23NO2S/c1-5-17-14-8-6-13(7-9-14)12(3)15-10-11(2)18(4)16/h6-9,11-12,15H,5,10H2,1-4H3. The lowest BCUT2D eigenvalue weighted by atomic mass is 10.1. The molecular weight excluding hydrogens is 246 g/mol. The average molecular weight is 269 g/mol. The summed E-state index contributed by atoms with van der Waals surface area (Å²) in [6.45, 7) is 7.53. The van der Waals surface area contributed by atoms with Gasteiger partial charge in [-0.25, -0.2) is 0 Å². The maximum atomic E-state index is 11.3. The third kappa shape index (κ3) is 4.78. The second-order valence-corrected chi connectivity index (χ2v) is 6.24. The van der Waals surface area contributed by atoms with Crippen molar-refractivity contribution in [3.8, 4) is 5.75 Å². The number of ether oxygens (including phenoxy) is 1. The predicted molar refractivity (Wildman–Crippen MR) is 77.6 cm³/mol. The lowest BCUT2D eigenvalue weighted by molar-refractivity contribution is 0.340. The molecule has 102 valence electrons. The van der Waals surface area contributed by atoms with Gasteiger partial charge in [0.15, 0.2) is 0 Å². The van der Waals surface area contributed by atoms with Crippen LogP contribution in [0.5, 0.6) is 5.75 Å². The van der Waals surface area contributed by atoms with Crippen molar-refractivity contribution in [1.29, 1.82) is 0 Å². The van der Waals surface area contributed by atoms with E-state index in [0.717, 1.165) is 12.3 Å². The third-order valence-electron chi connectivity index (χ3n) is 2.97. The van der Waals surface area contributed by atoms with Crippen molar-refractivity contribution in [3.63, 3.8) is 0 Å². The minimum atomic E-state index is -0.772. The summed E-state index contributed by atoms with van der Waals surface area (Å²) in [4.78, 5) is 0. The van der Waals surface area contributed by atoms with Crippen LogP contribution in [-0.2, 0) is 10.8 Å².